The Morgan fingerprint density at radius 3 is 2.56 bits per heavy atom. The van der Waals surface area contributed by atoms with Crippen LogP contribution in [0.5, 0.6) is 5.75 Å². The molecule has 0 aliphatic heterocycles. The average Bonchev–Trinajstić information content (AvgIpc) is 2.18. The molecule has 16 heavy (non-hydrogen) atoms. The quantitative estimate of drug-likeness (QED) is 0.591. The molecule has 1 aromatic rings. The molecular weight excluding hydrogens is 208 g/mol. The Bertz CT molecular complexity index is 416. The van der Waals surface area contributed by atoms with Crippen molar-refractivity contribution in [1.82, 2.24) is 0 Å². The summed E-state index contributed by atoms with van der Waals surface area (Å²) in [5.41, 5.74) is 6.82. The van der Waals surface area contributed by atoms with Crippen LogP contribution >= 0.6 is 0 Å². The third-order valence-electron chi connectivity index (χ3n) is 1.85. The Morgan fingerprint density at radius 1 is 1.38 bits per heavy atom. The molecule has 5 nitrogen and oxygen atoms in total. The van der Waals surface area contributed by atoms with Crippen LogP contribution in [-0.2, 0) is 16.1 Å². The minimum absolute atomic E-state index is 0.164. The molecule has 0 aliphatic rings. The number of benzene rings is 1. The Morgan fingerprint density at radius 2 is 2.06 bits per heavy atom. The van der Waals surface area contributed by atoms with Crippen molar-refractivity contribution in [2.75, 3.05) is 5.32 Å². The maximum Gasteiger partial charge on any atom is 0.308 e. The molecule has 0 atom stereocenters. The molecule has 86 valence electrons. The third-order valence-corrected chi connectivity index (χ3v) is 1.85. The zero-order chi connectivity index (χ0) is 12.1. The molecule has 1 amide bonds. The van der Waals surface area contributed by atoms with Crippen molar-refractivity contribution in [3.8, 4) is 5.75 Å². The summed E-state index contributed by atoms with van der Waals surface area (Å²) in [4.78, 5) is 21.7. The zero-order valence-corrected chi connectivity index (χ0v) is 9.24. The number of hydrogen-bond acceptors (Lipinski definition) is 4. The van der Waals surface area contributed by atoms with Gasteiger partial charge in [0.1, 0.15) is 5.75 Å². The first-order valence-electron chi connectivity index (χ1n) is 4.82. The number of carbonyl (C=O) groups is 2. The van der Waals surface area contributed by atoms with Crippen LogP contribution in [0.4, 0.5) is 5.69 Å². The molecule has 1 aromatic carbocycles. The number of carbonyl (C=O) groups excluding carboxylic acids is 2. The summed E-state index contributed by atoms with van der Waals surface area (Å²) in [6.45, 7) is 2.97. The largest absolute Gasteiger partial charge is 0.426 e. The second kappa shape index (κ2) is 5.27. The molecule has 1 rings (SSSR count). The summed E-state index contributed by atoms with van der Waals surface area (Å²) in [6.07, 6.45) is 0. The monoisotopic (exact) mass is 222 g/mol. The van der Waals surface area contributed by atoms with E-state index in [1.807, 2.05) is 0 Å². The lowest BCUT2D eigenvalue weighted by molar-refractivity contribution is -0.132. The van der Waals surface area contributed by atoms with Gasteiger partial charge in [-0.3, -0.25) is 9.59 Å². The minimum atomic E-state index is -0.401. The van der Waals surface area contributed by atoms with Crippen LogP contribution < -0.4 is 15.8 Å². The number of amides is 1. The first kappa shape index (κ1) is 12.2. The standard InChI is InChI=1S/C11H14N2O3/c1-7(14)13-10-3-4-11(16-8(2)15)9(5-10)6-12/h3-5H,6,12H2,1-2H3,(H,13,14). The molecule has 0 spiro atoms. The number of hydrogen-bond donors (Lipinski definition) is 2. The van der Waals surface area contributed by atoms with Crippen LogP contribution in [0.1, 0.15) is 19.4 Å². The number of nitrogens with two attached hydrogens (primary N) is 1. The number of nitrogens with one attached hydrogen (secondary N) is 1. The Balaban J connectivity index is 2.96. The van der Waals surface area contributed by atoms with Crippen molar-refractivity contribution in [2.45, 2.75) is 20.4 Å². The van der Waals surface area contributed by atoms with Crippen molar-refractivity contribution in [3.05, 3.63) is 23.8 Å². The van der Waals surface area contributed by atoms with Gasteiger partial charge in [-0.15, -0.1) is 0 Å². The van der Waals surface area contributed by atoms with Gasteiger partial charge in [-0.05, 0) is 18.2 Å². The molecule has 0 saturated heterocycles. The van der Waals surface area contributed by atoms with E-state index in [2.05, 4.69) is 5.32 Å². The van der Waals surface area contributed by atoms with E-state index < -0.39 is 5.97 Å². The molecule has 0 radical (unpaired) electrons. The van der Waals surface area contributed by atoms with E-state index in [0.717, 1.165) is 0 Å². The van der Waals surface area contributed by atoms with E-state index in [-0.39, 0.29) is 12.5 Å². The zero-order valence-electron chi connectivity index (χ0n) is 9.24. The van der Waals surface area contributed by atoms with Crippen LogP contribution in [0.3, 0.4) is 0 Å². The highest BCUT2D eigenvalue weighted by Gasteiger charge is 2.06. The van der Waals surface area contributed by atoms with Gasteiger partial charge in [0.15, 0.2) is 0 Å². The van der Waals surface area contributed by atoms with Gasteiger partial charge in [0, 0.05) is 31.6 Å². The SMILES string of the molecule is CC(=O)Nc1ccc(OC(C)=O)c(CN)c1. The van der Waals surface area contributed by atoms with Gasteiger partial charge >= 0.3 is 5.97 Å². The molecule has 0 aliphatic carbocycles. The number of ether oxygens (including phenoxy) is 1. The van der Waals surface area contributed by atoms with Crippen LogP contribution in [-0.4, -0.2) is 11.9 Å². The highest BCUT2D eigenvalue weighted by atomic mass is 16.5. The van der Waals surface area contributed by atoms with Gasteiger partial charge in [-0.1, -0.05) is 0 Å². The summed E-state index contributed by atoms with van der Waals surface area (Å²) in [5, 5.41) is 2.63. The van der Waals surface area contributed by atoms with E-state index in [1.165, 1.54) is 13.8 Å². The smallest absolute Gasteiger partial charge is 0.308 e. The summed E-state index contributed by atoms with van der Waals surface area (Å²) in [6, 6.07) is 4.94. The third kappa shape index (κ3) is 3.36. The Kier molecular flexibility index (Phi) is 4.02. The van der Waals surface area contributed by atoms with Gasteiger partial charge < -0.3 is 15.8 Å². The lowest BCUT2D eigenvalue weighted by Gasteiger charge is -2.09. The van der Waals surface area contributed by atoms with Crippen LogP contribution in [0.2, 0.25) is 0 Å². The van der Waals surface area contributed by atoms with Crippen LogP contribution in [0, 0.1) is 0 Å². The van der Waals surface area contributed by atoms with Crippen molar-refractivity contribution >= 4 is 17.6 Å². The Hall–Kier alpha value is -1.88. The first-order chi connectivity index (χ1) is 7.52. The van der Waals surface area contributed by atoms with E-state index >= 15 is 0 Å². The average molecular weight is 222 g/mol. The van der Waals surface area contributed by atoms with E-state index in [9.17, 15) is 9.59 Å². The van der Waals surface area contributed by atoms with Gasteiger partial charge in [-0.2, -0.15) is 0 Å². The predicted molar refractivity (Wildman–Crippen MR) is 59.9 cm³/mol. The maximum absolute atomic E-state index is 10.8. The van der Waals surface area contributed by atoms with Crippen molar-refractivity contribution in [2.24, 2.45) is 5.73 Å². The molecule has 5 heteroatoms. The second-order valence-electron chi connectivity index (χ2n) is 3.30. The highest BCUT2D eigenvalue weighted by molar-refractivity contribution is 5.88. The lowest BCUT2D eigenvalue weighted by Crippen LogP contribution is -2.09. The van der Waals surface area contributed by atoms with E-state index in [1.54, 1.807) is 18.2 Å². The van der Waals surface area contributed by atoms with Gasteiger partial charge in [0.2, 0.25) is 5.91 Å². The fourth-order valence-electron chi connectivity index (χ4n) is 1.27. The molecular formula is C11H14N2O3. The molecule has 3 N–H and O–H groups in total. The molecule has 0 aromatic heterocycles. The van der Waals surface area contributed by atoms with Crippen LogP contribution in [0.15, 0.2) is 18.2 Å². The summed E-state index contributed by atoms with van der Waals surface area (Å²) < 4.78 is 4.96. The summed E-state index contributed by atoms with van der Waals surface area (Å²) in [5.74, 6) is -0.144. The number of rotatable bonds is 3. The lowest BCUT2D eigenvalue weighted by atomic mass is 10.1. The first-order valence-corrected chi connectivity index (χ1v) is 4.82. The number of anilines is 1. The molecule has 0 fully saturated rings. The van der Waals surface area contributed by atoms with Gasteiger partial charge in [0.05, 0.1) is 0 Å². The molecule has 0 unspecified atom stereocenters. The predicted octanol–water partition coefficient (Wildman–Crippen LogP) is 1.03. The molecule has 0 bridgehead atoms. The van der Waals surface area contributed by atoms with Gasteiger partial charge in [-0.25, -0.2) is 0 Å². The fourth-order valence-corrected chi connectivity index (χ4v) is 1.27. The normalized spacial score (nSPS) is 9.69. The molecule has 0 heterocycles. The Labute approximate surface area is 93.6 Å². The molecule has 0 saturated carbocycles. The van der Waals surface area contributed by atoms with Crippen molar-refractivity contribution < 1.29 is 14.3 Å². The second-order valence-corrected chi connectivity index (χ2v) is 3.30. The topological polar surface area (TPSA) is 81.4 Å². The van der Waals surface area contributed by atoms with E-state index in [0.29, 0.717) is 17.0 Å². The van der Waals surface area contributed by atoms with E-state index in [4.69, 9.17) is 10.5 Å². The van der Waals surface area contributed by atoms with Crippen LogP contribution in [0.25, 0.3) is 0 Å². The maximum atomic E-state index is 10.8. The highest BCUT2D eigenvalue weighted by Crippen LogP contribution is 2.22. The fraction of sp³-hybridized carbons (Fsp3) is 0.273. The van der Waals surface area contributed by atoms with Crippen molar-refractivity contribution in [1.29, 1.82) is 0 Å². The van der Waals surface area contributed by atoms with Gasteiger partial charge in [0.25, 0.3) is 0 Å². The van der Waals surface area contributed by atoms with Crippen molar-refractivity contribution in [3.63, 3.8) is 0 Å². The number of esters is 1. The summed E-state index contributed by atoms with van der Waals surface area (Å²) in [7, 11) is 0. The summed E-state index contributed by atoms with van der Waals surface area (Å²) >= 11 is 0. The minimum Gasteiger partial charge on any atom is -0.426 e.